The standard InChI is InChI=1S/C8H14F3N3O/c9-8(10,11)5-13-7(15)14(4-3-12)6-1-2-6/h6H,1-5,12H2,(H,13,15). The number of nitrogens with zero attached hydrogens (tertiary/aromatic N) is 1. The van der Waals surface area contributed by atoms with Crippen molar-refractivity contribution in [2.45, 2.75) is 25.1 Å². The summed E-state index contributed by atoms with van der Waals surface area (Å²) in [5.41, 5.74) is 5.27. The molecule has 0 unspecified atom stereocenters. The van der Waals surface area contributed by atoms with E-state index in [4.69, 9.17) is 5.73 Å². The number of carbonyl (C=O) groups is 1. The van der Waals surface area contributed by atoms with Crippen molar-refractivity contribution in [1.29, 1.82) is 0 Å². The Morgan fingerprint density at radius 1 is 1.47 bits per heavy atom. The van der Waals surface area contributed by atoms with Crippen molar-refractivity contribution < 1.29 is 18.0 Å². The van der Waals surface area contributed by atoms with Gasteiger partial charge < -0.3 is 16.0 Å². The van der Waals surface area contributed by atoms with E-state index in [1.54, 1.807) is 0 Å². The normalized spacial score (nSPS) is 16.3. The molecule has 1 fully saturated rings. The second-order valence-corrected chi connectivity index (χ2v) is 3.49. The summed E-state index contributed by atoms with van der Waals surface area (Å²) in [7, 11) is 0. The van der Waals surface area contributed by atoms with Crippen LogP contribution >= 0.6 is 0 Å². The van der Waals surface area contributed by atoms with Crippen LogP contribution in [0.2, 0.25) is 0 Å². The molecule has 1 saturated carbocycles. The lowest BCUT2D eigenvalue weighted by atomic mass is 10.5. The van der Waals surface area contributed by atoms with E-state index in [-0.39, 0.29) is 12.6 Å². The maximum atomic E-state index is 11.8. The van der Waals surface area contributed by atoms with Crippen LogP contribution in [0.3, 0.4) is 0 Å². The molecule has 0 spiro atoms. The van der Waals surface area contributed by atoms with E-state index in [0.717, 1.165) is 12.8 Å². The number of nitrogens with one attached hydrogen (secondary N) is 1. The fourth-order valence-corrected chi connectivity index (χ4v) is 1.25. The SMILES string of the molecule is NCCN(C(=O)NCC(F)(F)F)C1CC1. The number of rotatable bonds is 4. The first-order valence-corrected chi connectivity index (χ1v) is 4.75. The number of hydrogen-bond donors (Lipinski definition) is 2. The number of urea groups is 1. The lowest BCUT2D eigenvalue weighted by Gasteiger charge is -2.22. The Bertz CT molecular complexity index is 228. The van der Waals surface area contributed by atoms with Crippen LogP contribution in [0.25, 0.3) is 0 Å². The predicted octanol–water partition coefficient (Wildman–Crippen LogP) is 0.681. The highest BCUT2D eigenvalue weighted by atomic mass is 19.4. The van der Waals surface area contributed by atoms with Gasteiger partial charge in [0.2, 0.25) is 0 Å². The van der Waals surface area contributed by atoms with Gasteiger partial charge in [0.25, 0.3) is 0 Å². The quantitative estimate of drug-likeness (QED) is 0.739. The summed E-state index contributed by atoms with van der Waals surface area (Å²) in [5.74, 6) is 0. The minimum Gasteiger partial charge on any atom is -0.329 e. The van der Waals surface area contributed by atoms with Crippen molar-refractivity contribution in [2.24, 2.45) is 5.73 Å². The van der Waals surface area contributed by atoms with E-state index in [1.165, 1.54) is 4.90 Å². The maximum absolute atomic E-state index is 11.8. The Hall–Kier alpha value is -0.980. The monoisotopic (exact) mass is 225 g/mol. The van der Waals surface area contributed by atoms with Crippen LogP contribution < -0.4 is 11.1 Å². The van der Waals surface area contributed by atoms with Crippen molar-refractivity contribution in [3.8, 4) is 0 Å². The van der Waals surface area contributed by atoms with Gasteiger partial charge in [0.05, 0.1) is 0 Å². The van der Waals surface area contributed by atoms with Crippen LogP contribution in [0.4, 0.5) is 18.0 Å². The van der Waals surface area contributed by atoms with E-state index in [0.29, 0.717) is 6.54 Å². The second kappa shape index (κ2) is 4.69. The summed E-state index contributed by atoms with van der Waals surface area (Å²) >= 11 is 0. The molecule has 15 heavy (non-hydrogen) atoms. The van der Waals surface area contributed by atoms with Gasteiger partial charge in [-0.2, -0.15) is 13.2 Å². The predicted molar refractivity (Wildman–Crippen MR) is 48.2 cm³/mol. The molecule has 7 heteroatoms. The zero-order chi connectivity index (χ0) is 11.5. The Kier molecular flexibility index (Phi) is 3.78. The van der Waals surface area contributed by atoms with Gasteiger partial charge in [-0.3, -0.25) is 0 Å². The first-order valence-electron chi connectivity index (χ1n) is 4.75. The molecular formula is C8H14F3N3O. The molecule has 0 aromatic rings. The molecule has 1 rings (SSSR count). The van der Waals surface area contributed by atoms with E-state index in [2.05, 4.69) is 0 Å². The van der Waals surface area contributed by atoms with Crippen LogP contribution in [-0.4, -0.2) is 42.8 Å². The van der Waals surface area contributed by atoms with Gasteiger partial charge in [-0.25, -0.2) is 4.79 Å². The third kappa shape index (κ3) is 4.37. The van der Waals surface area contributed by atoms with Gasteiger partial charge >= 0.3 is 12.2 Å². The largest absolute Gasteiger partial charge is 0.405 e. The summed E-state index contributed by atoms with van der Waals surface area (Å²) in [5, 5.41) is 1.84. The van der Waals surface area contributed by atoms with Gasteiger partial charge in [-0.1, -0.05) is 0 Å². The van der Waals surface area contributed by atoms with Gasteiger partial charge in [-0.05, 0) is 12.8 Å². The van der Waals surface area contributed by atoms with Gasteiger partial charge in [0.1, 0.15) is 6.54 Å². The third-order valence-corrected chi connectivity index (χ3v) is 2.06. The number of carbonyl (C=O) groups excluding carboxylic acids is 1. The smallest absolute Gasteiger partial charge is 0.329 e. The highest BCUT2D eigenvalue weighted by molar-refractivity contribution is 5.74. The first-order chi connectivity index (χ1) is 6.94. The molecular weight excluding hydrogens is 211 g/mol. The fraction of sp³-hybridized carbons (Fsp3) is 0.875. The lowest BCUT2D eigenvalue weighted by molar-refractivity contribution is -0.123. The summed E-state index contributed by atoms with van der Waals surface area (Å²) in [6.07, 6.45) is -2.67. The fourth-order valence-electron chi connectivity index (χ4n) is 1.25. The molecule has 1 aliphatic rings. The van der Waals surface area contributed by atoms with Crippen molar-refractivity contribution in [3.05, 3.63) is 0 Å². The van der Waals surface area contributed by atoms with Crippen molar-refractivity contribution in [2.75, 3.05) is 19.6 Å². The molecule has 88 valence electrons. The minimum absolute atomic E-state index is 0.0711. The van der Waals surface area contributed by atoms with E-state index in [9.17, 15) is 18.0 Å². The molecule has 0 aliphatic heterocycles. The van der Waals surface area contributed by atoms with Gasteiger partial charge in [0.15, 0.2) is 0 Å². The van der Waals surface area contributed by atoms with E-state index >= 15 is 0 Å². The number of alkyl halides is 3. The zero-order valence-electron chi connectivity index (χ0n) is 8.18. The van der Waals surface area contributed by atoms with E-state index in [1.807, 2.05) is 5.32 Å². The Balaban J connectivity index is 2.35. The molecule has 2 amide bonds. The summed E-state index contributed by atoms with van der Waals surface area (Å²) in [6.45, 7) is -0.732. The van der Waals surface area contributed by atoms with Crippen LogP contribution in [0, 0.1) is 0 Å². The minimum atomic E-state index is -4.37. The number of amides is 2. The van der Waals surface area contributed by atoms with Crippen LogP contribution in [-0.2, 0) is 0 Å². The van der Waals surface area contributed by atoms with E-state index < -0.39 is 18.8 Å². The average Bonchev–Trinajstić information content (AvgIpc) is 2.92. The molecule has 0 heterocycles. The second-order valence-electron chi connectivity index (χ2n) is 3.49. The molecule has 0 radical (unpaired) electrons. The van der Waals surface area contributed by atoms with Crippen molar-refractivity contribution in [1.82, 2.24) is 10.2 Å². The van der Waals surface area contributed by atoms with Gasteiger partial charge in [-0.15, -0.1) is 0 Å². The van der Waals surface area contributed by atoms with Crippen LogP contribution in [0.5, 0.6) is 0 Å². The maximum Gasteiger partial charge on any atom is 0.405 e. The molecule has 0 saturated heterocycles. The highest BCUT2D eigenvalue weighted by Gasteiger charge is 2.34. The molecule has 0 bridgehead atoms. The summed E-state index contributed by atoms with van der Waals surface area (Å²) < 4.78 is 35.5. The third-order valence-electron chi connectivity index (χ3n) is 2.06. The van der Waals surface area contributed by atoms with Crippen LogP contribution in [0.15, 0.2) is 0 Å². The Morgan fingerprint density at radius 2 is 2.07 bits per heavy atom. The molecule has 3 N–H and O–H groups in total. The first kappa shape index (κ1) is 12.1. The van der Waals surface area contributed by atoms with Crippen molar-refractivity contribution in [3.63, 3.8) is 0 Å². The number of nitrogens with two attached hydrogens (primary N) is 1. The molecule has 1 aliphatic carbocycles. The zero-order valence-corrected chi connectivity index (χ0v) is 8.18. The molecule has 0 atom stereocenters. The Morgan fingerprint density at radius 3 is 2.47 bits per heavy atom. The number of halogens is 3. The van der Waals surface area contributed by atoms with Crippen molar-refractivity contribution >= 4 is 6.03 Å². The lowest BCUT2D eigenvalue weighted by Crippen LogP contribution is -2.46. The number of hydrogen-bond acceptors (Lipinski definition) is 2. The van der Waals surface area contributed by atoms with Crippen LogP contribution in [0.1, 0.15) is 12.8 Å². The highest BCUT2D eigenvalue weighted by Crippen LogP contribution is 2.26. The molecule has 0 aromatic heterocycles. The topological polar surface area (TPSA) is 58.4 Å². The van der Waals surface area contributed by atoms with Gasteiger partial charge in [0, 0.05) is 19.1 Å². The summed E-state index contributed by atoms with van der Waals surface area (Å²) in [4.78, 5) is 12.7. The average molecular weight is 225 g/mol. The molecule has 0 aromatic carbocycles. The summed E-state index contributed by atoms with van der Waals surface area (Å²) in [6, 6.07) is -0.609. The Labute approximate surface area is 85.6 Å². The molecule has 4 nitrogen and oxygen atoms in total.